The van der Waals surface area contributed by atoms with E-state index in [4.69, 9.17) is 5.73 Å². The van der Waals surface area contributed by atoms with Crippen LogP contribution in [0.3, 0.4) is 0 Å². The van der Waals surface area contributed by atoms with Crippen LogP contribution in [0, 0.1) is 30.3 Å². The number of nitrogens with zero attached hydrogens (tertiary/aromatic N) is 3. The largest absolute Gasteiger partial charge is 0.399 e. The fraction of sp³-hybridized carbons (Fsp3) is 0. The van der Waals surface area contributed by atoms with Crippen molar-refractivity contribution < 1.29 is 23.2 Å². The van der Waals surface area contributed by atoms with Crippen LogP contribution in [-0.4, -0.2) is 23.2 Å². The van der Waals surface area contributed by atoms with Crippen LogP contribution < -0.4 is 11.1 Å². The third-order valence-corrected chi connectivity index (χ3v) is 6.10. The lowest BCUT2D eigenvalue weighted by atomic mass is 10.2. The molecule has 0 aliphatic rings. The molecule has 3 N–H and O–H groups in total. The van der Waals surface area contributed by atoms with Crippen molar-refractivity contribution in [3.05, 3.63) is 91.0 Å². The third kappa shape index (κ3) is 4.29. The summed E-state index contributed by atoms with van der Waals surface area (Å²) in [7, 11) is -3.88. The fourth-order valence-electron chi connectivity index (χ4n) is 2.76. The van der Waals surface area contributed by atoms with Gasteiger partial charge in [-0.15, -0.1) is 0 Å². The number of nitrogen functional groups attached to an aromatic ring is 1. The number of nitro benzene ring substituents is 3. The highest BCUT2D eigenvalue weighted by molar-refractivity contribution is 7.91. The van der Waals surface area contributed by atoms with Crippen LogP contribution in [0.1, 0.15) is 0 Å². The highest BCUT2D eigenvalue weighted by atomic mass is 32.2. The summed E-state index contributed by atoms with van der Waals surface area (Å²) in [6, 6.07) is 11.6. The Morgan fingerprint density at radius 1 is 0.719 bits per heavy atom. The Bertz CT molecular complexity index is 1300. The molecule has 0 fully saturated rings. The van der Waals surface area contributed by atoms with Crippen LogP contribution in [0.2, 0.25) is 0 Å². The maximum Gasteiger partial charge on any atom is 0.306 e. The summed E-state index contributed by atoms with van der Waals surface area (Å²) in [5.74, 6) is 0. The summed E-state index contributed by atoms with van der Waals surface area (Å²) in [6.07, 6.45) is 0. The van der Waals surface area contributed by atoms with Crippen LogP contribution in [0.4, 0.5) is 34.1 Å². The van der Waals surface area contributed by atoms with Crippen molar-refractivity contribution >= 4 is 44.0 Å². The average molecular weight is 459 g/mol. The van der Waals surface area contributed by atoms with Gasteiger partial charge in [-0.25, -0.2) is 8.42 Å². The predicted molar refractivity (Wildman–Crippen MR) is 112 cm³/mol. The molecule has 0 saturated heterocycles. The van der Waals surface area contributed by atoms with E-state index in [2.05, 4.69) is 5.32 Å². The Kier molecular flexibility index (Phi) is 5.71. The molecule has 0 aliphatic carbocycles. The number of nitrogens with two attached hydrogens (primary N) is 1. The van der Waals surface area contributed by atoms with Crippen molar-refractivity contribution in [3.8, 4) is 0 Å². The Hall–Kier alpha value is -4.59. The highest BCUT2D eigenvalue weighted by Crippen LogP contribution is 2.40. The number of rotatable bonds is 7. The smallest absolute Gasteiger partial charge is 0.306 e. The first kappa shape index (κ1) is 22.1. The van der Waals surface area contributed by atoms with Gasteiger partial charge in [0, 0.05) is 11.4 Å². The van der Waals surface area contributed by atoms with Crippen molar-refractivity contribution in [1.82, 2.24) is 0 Å². The van der Waals surface area contributed by atoms with E-state index in [-0.39, 0.29) is 15.5 Å². The molecule has 0 amide bonds. The Labute approximate surface area is 179 Å². The van der Waals surface area contributed by atoms with Crippen molar-refractivity contribution in [2.24, 2.45) is 0 Å². The summed E-state index contributed by atoms with van der Waals surface area (Å²) < 4.78 is 25.4. The fourth-order valence-corrected chi connectivity index (χ4v) is 4.02. The van der Waals surface area contributed by atoms with E-state index in [1.807, 2.05) is 0 Å². The van der Waals surface area contributed by atoms with Crippen molar-refractivity contribution in [1.29, 1.82) is 0 Å². The minimum Gasteiger partial charge on any atom is -0.399 e. The van der Waals surface area contributed by atoms with Gasteiger partial charge in [-0.2, -0.15) is 0 Å². The number of nitro groups is 3. The van der Waals surface area contributed by atoms with Crippen molar-refractivity contribution in [2.75, 3.05) is 11.1 Å². The molecule has 3 rings (SSSR count). The zero-order chi connectivity index (χ0) is 23.6. The summed E-state index contributed by atoms with van der Waals surface area (Å²) in [5.41, 5.74) is 2.85. The lowest BCUT2D eigenvalue weighted by Gasteiger charge is -2.09. The van der Waals surface area contributed by atoms with Crippen molar-refractivity contribution in [3.63, 3.8) is 0 Å². The standard InChI is InChI=1S/C18H13N5O8S/c19-11-1-5-14(6-2-11)32(30,31)15-7-3-12(4-8-15)20-18-16(22(26)27)9-13(21(24)25)10-17(18)23(28)29/h1-10,20H,19H2. The van der Waals surface area contributed by atoms with Gasteiger partial charge in [0.05, 0.1) is 36.7 Å². The molecule has 0 unspecified atom stereocenters. The predicted octanol–water partition coefficient (Wildman–Crippen LogP) is 3.57. The second kappa shape index (κ2) is 8.27. The topological polar surface area (TPSA) is 202 Å². The molecule has 13 nitrogen and oxygen atoms in total. The maximum atomic E-state index is 12.7. The van der Waals surface area contributed by atoms with Crippen molar-refractivity contribution in [2.45, 2.75) is 9.79 Å². The van der Waals surface area contributed by atoms with Gasteiger partial charge in [-0.05, 0) is 48.5 Å². The molecule has 0 atom stereocenters. The summed E-state index contributed by atoms with van der Waals surface area (Å²) in [5, 5.41) is 36.2. The molecule has 32 heavy (non-hydrogen) atoms. The van der Waals surface area contributed by atoms with E-state index in [1.54, 1.807) is 0 Å². The molecule has 0 aromatic heterocycles. The van der Waals surface area contributed by atoms with Gasteiger partial charge in [0.15, 0.2) is 5.69 Å². The van der Waals surface area contributed by atoms with E-state index < -0.39 is 47.4 Å². The Morgan fingerprint density at radius 2 is 1.16 bits per heavy atom. The second-order valence-electron chi connectivity index (χ2n) is 6.35. The number of hydrogen-bond acceptors (Lipinski definition) is 10. The lowest BCUT2D eigenvalue weighted by molar-refractivity contribution is -0.401. The molecule has 0 heterocycles. The zero-order valence-electron chi connectivity index (χ0n) is 15.9. The van der Waals surface area contributed by atoms with Gasteiger partial charge in [0.25, 0.3) is 5.69 Å². The van der Waals surface area contributed by atoms with E-state index in [0.717, 1.165) is 0 Å². The quantitative estimate of drug-likeness (QED) is 0.298. The SMILES string of the molecule is Nc1ccc(S(=O)(=O)c2ccc(Nc3c([N+](=O)[O-])cc([N+](=O)[O-])cc3[N+](=O)[O-])cc2)cc1. The van der Waals surface area contributed by atoms with Gasteiger partial charge in [0.2, 0.25) is 9.84 Å². The molecule has 0 bridgehead atoms. The molecule has 164 valence electrons. The highest BCUT2D eigenvalue weighted by Gasteiger charge is 2.31. The number of non-ortho nitro benzene ring substituents is 1. The number of nitrogens with one attached hydrogen (secondary N) is 1. The normalized spacial score (nSPS) is 11.0. The number of hydrogen-bond donors (Lipinski definition) is 2. The van der Waals surface area contributed by atoms with Gasteiger partial charge >= 0.3 is 11.4 Å². The molecule has 3 aromatic rings. The molecule has 3 aromatic carbocycles. The average Bonchev–Trinajstić information content (AvgIpc) is 2.74. The first-order chi connectivity index (χ1) is 15.0. The summed E-state index contributed by atoms with van der Waals surface area (Å²) in [6.45, 7) is 0. The molecule has 14 heteroatoms. The van der Waals surface area contributed by atoms with Crippen LogP contribution in [-0.2, 0) is 9.84 Å². The summed E-state index contributed by atoms with van der Waals surface area (Å²) >= 11 is 0. The van der Waals surface area contributed by atoms with Crippen LogP contribution in [0.15, 0.2) is 70.5 Å². The number of anilines is 3. The lowest BCUT2D eigenvalue weighted by Crippen LogP contribution is -2.04. The third-order valence-electron chi connectivity index (χ3n) is 4.31. The first-order valence-corrected chi connectivity index (χ1v) is 10.1. The van der Waals surface area contributed by atoms with Gasteiger partial charge < -0.3 is 11.1 Å². The maximum absolute atomic E-state index is 12.7. The van der Waals surface area contributed by atoms with Crippen LogP contribution in [0.25, 0.3) is 0 Å². The molecular weight excluding hydrogens is 446 g/mol. The van der Waals surface area contributed by atoms with E-state index in [0.29, 0.717) is 17.8 Å². The minimum absolute atomic E-state index is 0.00551. The minimum atomic E-state index is -3.88. The number of sulfone groups is 1. The molecule has 0 radical (unpaired) electrons. The second-order valence-corrected chi connectivity index (χ2v) is 8.30. The van der Waals surface area contributed by atoms with Gasteiger partial charge in [-0.1, -0.05) is 0 Å². The monoisotopic (exact) mass is 459 g/mol. The first-order valence-electron chi connectivity index (χ1n) is 8.59. The van der Waals surface area contributed by atoms with Gasteiger partial charge in [-0.3, -0.25) is 30.3 Å². The molecule has 0 saturated carbocycles. The molecular formula is C18H13N5O8S. The Morgan fingerprint density at radius 3 is 1.56 bits per heavy atom. The summed E-state index contributed by atoms with van der Waals surface area (Å²) in [4.78, 5) is 30.6. The van der Waals surface area contributed by atoms with Gasteiger partial charge in [0.1, 0.15) is 0 Å². The van der Waals surface area contributed by atoms with Crippen LogP contribution in [0.5, 0.6) is 0 Å². The van der Waals surface area contributed by atoms with Crippen LogP contribution >= 0.6 is 0 Å². The molecule has 0 aliphatic heterocycles. The van der Waals surface area contributed by atoms with E-state index in [1.165, 1.54) is 48.5 Å². The molecule has 0 spiro atoms. The zero-order valence-corrected chi connectivity index (χ0v) is 16.7. The Balaban J connectivity index is 2.01. The number of benzene rings is 3. The van der Waals surface area contributed by atoms with E-state index in [9.17, 15) is 38.8 Å². The van der Waals surface area contributed by atoms with E-state index >= 15 is 0 Å².